The summed E-state index contributed by atoms with van der Waals surface area (Å²) >= 11 is 0. The highest BCUT2D eigenvalue weighted by Gasteiger charge is 2.43. The minimum absolute atomic E-state index is 0.0906. The van der Waals surface area contributed by atoms with Gasteiger partial charge in [0.25, 0.3) is 0 Å². The summed E-state index contributed by atoms with van der Waals surface area (Å²) < 4.78 is 0. The molecule has 18 heavy (non-hydrogen) atoms. The van der Waals surface area contributed by atoms with Crippen molar-refractivity contribution >= 4 is 5.91 Å². The Morgan fingerprint density at radius 2 is 1.89 bits per heavy atom. The topological polar surface area (TPSA) is 45.2 Å². The van der Waals surface area contributed by atoms with Gasteiger partial charge in [-0.15, -0.1) is 0 Å². The first-order valence-electron chi connectivity index (χ1n) is 6.28. The second kappa shape index (κ2) is 4.35. The summed E-state index contributed by atoms with van der Waals surface area (Å²) in [6.07, 6.45) is 3.58. The number of nitrogens with zero attached hydrogens (tertiary/aromatic N) is 2. The predicted molar refractivity (Wildman–Crippen MR) is 70.9 cm³/mol. The Hall–Kier alpha value is -1.42. The van der Waals surface area contributed by atoms with Gasteiger partial charge in [0, 0.05) is 31.0 Å². The maximum atomic E-state index is 12.2. The van der Waals surface area contributed by atoms with Crippen LogP contribution in [0.15, 0.2) is 24.5 Å². The molecule has 0 unspecified atom stereocenters. The molecule has 0 aliphatic carbocycles. The summed E-state index contributed by atoms with van der Waals surface area (Å²) in [5.74, 6) is 0.0906. The molecule has 1 aliphatic heterocycles. The molecule has 2 heterocycles. The van der Waals surface area contributed by atoms with Gasteiger partial charge in [-0.2, -0.15) is 0 Å². The molecule has 0 aromatic carbocycles. The fraction of sp³-hybridized carbons (Fsp3) is 0.571. The van der Waals surface area contributed by atoms with E-state index in [1.54, 1.807) is 12.4 Å². The molecule has 4 nitrogen and oxygen atoms in total. The molecule has 98 valence electrons. The van der Waals surface area contributed by atoms with Gasteiger partial charge in [-0.25, -0.2) is 0 Å². The monoisotopic (exact) mass is 247 g/mol. The van der Waals surface area contributed by atoms with E-state index in [4.69, 9.17) is 0 Å². The van der Waals surface area contributed by atoms with Crippen LogP contribution in [0.1, 0.15) is 33.3 Å². The first-order valence-corrected chi connectivity index (χ1v) is 6.28. The summed E-state index contributed by atoms with van der Waals surface area (Å²) in [5.41, 5.74) is 0.530. The fourth-order valence-corrected chi connectivity index (χ4v) is 2.28. The van der Waals surface area contributed by atoms with Crippen LogP contribution in [0.3, 0.4) is 0 Å². The highest BCUT2D eigenvalue weighted by Crippen LogP contribution is 2.26. The molecule has 1 aromatic heterocycles. The number of carbonyl (C=O) groups is 1. The Balaban J connectivity index is 2.21. The van der Waals surface area contributed by atoms with Crippen LogP contribution in [0.4, 0.5) is 0 Å². The molecule has 0 saturated carbocycles. The normalized spacial score (nSPS) is 22.6. The van der Waals surface area contributed by atoms with Crippen molar-refractivity contribution in [3.8, 4) is 0 Å². The predicted octanol–water partition coefficient (Wildman–Crippen LogP) is 1.57. The number of hydrogen-bond acceptors (Lipinski definition) is 3. The van der Waals surface area contributed by atoms with Crippen molar-refractivity contribution in [3.63, 3.8) is 0 Å². The van der Waals surface area contributed by atoms with Gasteiger partial charge in [-0.05, 0) is 45.4 Å². The van der Waals surface area contributed by atoms with E-state index in [2.05, 4.69) is 29.0 Å². The molecule has 0 atom stereocenters. The number of aromatic nitrogens is 1. The van der Waals surface area contributed by atoms with Gasteiger partial charge in [0.2, 0.25) is 5.91 Å². The minimum Gasteiger partial charge on any atom is -0.348 e. The Labute approximate surface area is 108 Å². The van der Waals surface area contributed by atoms with Crippen LogP contribution in [-0.4, -0.2) is 33.4 Å². The maximum absolute atomic E-state index is 12.2. The Morgan fingerprint density at radius 1 is 1.28 bits per heavy atom. The van der Waals surface area contributed by atoms with E-state index < -0.39 is 5.54 Å². The highest BCUT2D eigenvalue weighted by atomic mass is 16.2. The molecule has 1 saturated heterocycles. The van der Waals surface area contributed by atoms with Crippen LogP contribution in [0.2, 0.25) is 0 Å². The zero-order valence-electron chi connectivity index (χ0n) is 11.5. The smallest absolute Gasteiger partial charge is 0.240 e. The second-order valence-electron chi connectivity index (χ2n) is 6.11. The van der Waals surface area contributed by atoms with Crippen LogP contribution in [-0.2, 0) is 11.3 Å². The third-order valence-electron chi connectivity index (χ3n) is 3.51. The fourth-order valence-electron chi connectivity index (χ4n) is 2.28. The summed E-state index contributed by atoms with van der Waals surface area (Å²) in [4.78, 5) is 18.4. The molecule has 0 bridgehead atoms. The van der Waals surface area contributed by atoms with Crippen molar-refractivity contribution < 1.29 is 4.79 Å². The Morgan fingerprint density at radius 3 is 2.50 bits per heavy atom. The average molecular weight is 247 g/mol. The number of carbonyl (C=O) groups excluding carboxylic acids is 1. The zero-order valence-corrected chi connectivity index (χ0v) is 11.5. The summed E-state index contributed by atoms with van der Waals surface area (Å²) in [5, 5.41) is 3.07. The summed E-state index contributed by atoms with van der Waals surface area (Å²) in [6, 6.07) is 3.99. The number of rotatable bonds is 2. The van der Waals surface area contributed by atoms with Gasteiger partial charge in [0.05, 0.1) is 5.54 Å². The zero-order chi connectivity index (χ0) is 13.4. The van der Waals surface area contributed by atoms with Crippen molar-refractivity contribution in [3.05, 3.63) is 30.1 Å². The van der Waals surface area contributed by atoms with E-state index in [1.165, 1.54) is 5.56 Å². The van der Waals surface area contributed by atoms with Gasteiger partial charge in [-0.3, -0.25) is 14.7 Å². The Bertz CT molecular complexity index is 440. The van der Waals surface area contributed by atoms with Crippen LogP contribution >= 0.6 is 0 Å². The number of pyridine rings is 1. The third kappa shape index (κ3) is 2.53. The maximum Gasteiger partial charge on any atom is 0.240 e. The molecule has 4 heteroatoms. The van der Waals surface area contributed by atoms with Gasteiger partial charge in [0.15, 0.2) is 0 Å². The molecule has 1 aromatic rings. The van der Waals surface area contributed by atoms with Crippen molar-refractivity contribution in [2.75, 3.05) is 6.54 Å². The van der Waals surface area contributed by atoms with Gasteiger partial charge in [-0.1, -0.05) is 0 Å². The minimum atomic E-state index is -0.473. The third-order valence-corrected chi connectivity index (χ3v) is 3.51. The Kier molecular flexibility index (Phi) is 3.15. The lowest BCUT2D eigenvalue weighted by molar-refractivity contribution is -0.140. The number of nitrogens with one attached hydrogen (secondary N) is 1. The standard InChI is InChI=1S/C14H21N3O/c1-13(2)10-17(14(3,4)12(18)16-13)9-11-5-7-15-8-6-11/h5-8H,9-10H2,1-4H3,(H,16,18). The summed E-state index contributed by atoms with van der Waals surface area (Å²) in [7, 11) is 0. The lowest BCUT2D eigenvalue weighted by atomic mass is 9.90. The van der Waals surface area contributed by atoms with Crippen molar-refractivity contribution in [2.24, 2.45) is 0 Å². The van der Waals surface area contributed by atoms with E-state index in [9.17, 15) is 4.79 Å². The SMILES string of the molecule is CC1(C)CN(Cc2ccncc2)C(C)(C)C(=O)N1. The molecule has 1 fully saturated rings. The molecule has 0 radical (unpaired) electrons. The molecule has 2 rings (SSSR count). The second-order valence-corrected chi connectivity index (χ2v) is 6.11. The van der Waals surface area contributed by atoms with Gasteiger partial charge >= 0.3 is 0 Å². The molecule has 1 aliphatic rings. The lowest BCUT2D eigenvalue weighted by Crippen LogP contribution is -2.68. The molecule has 1 amide bonds. The van der Waals surface area contributed by atoms with Gasteiger partial charge < -0.3 is 5.32 Å². The van der Waals surface area contributed by atoms with E-state index in [1.807, 2.05) is 26.0 Å². The lowest BCUT2D eigenvalue weighted by Gasteiger charge is -2.48. The highest BCUT2D eigenvalue weighted by molar-refractivity contribution is 5.86. The quantitative estimate of drug-likeness (QED) is 0.863. The number of amides is 1. The van der Waals surface area contributed by atoms with Crippen LogP contribution in [0.25, 0.3) is 0 Å². The molecular weight excluding hydrogens is 226 g/mol. The van der Waals surface area contributed by atoms with E-state index in [0.29, 0.717) is 0 Å². The van der Waals surface area contributed by atoms with E-state index >= 15 is 0 Å². The van der Waals surface area contributed by atoms with E-state index in [-0.39, 0.29) is 11.4 Å². The number of piperazine rings is 1. The largest absolute Gasteiger partial charge is 0.348 e. The van der Waals surface area contributed by atoms with Crippen molar-refractivity contribution in [2.45, 2.75) is 45.3 Å². The molecular formula is C14H21N3O. The first kappa shape index (κ1) is 13.0. The summed E-state index contributed by atoms with van der Waals surface area (Å²) in [6.45, 7) is 9.66. The number of hydrogen-bond donors (Lipinski definition) is 1. The first-order chi connectivity index (χ1) is 8.31. The average Bonchev–Trinajstić information content (AvgIpc) is 2.27. The molecule has 0 spiro atoms. The van der Waals surface area contributed by atoms with Crippen LogP contribution < -0.4 is 5.32 Å². The van der Waals surface area contributed by atoms with Crippen molar-refractivity contribution in [1.29, 1.82) is 0 Å². The van der Waals surface area contributed by atoms with Crippen LogP contribution in [0, 0.1) is 0 Å². The molecule has 1 N–H and O–H groups in total. The van der Waals surface area contributed by atoms with E-state index in [0.717, 1.165) is 13.1 Å². The van der Waals surface area contributed by atoms with Gasteiger partial charge in [0.1, 0.15) is 0 Å². The van der Waals surface area contributed by atoms with Crippen molar-refractivity contribution in [1.82, 2.24) is 15.2 Å². The van der Waals surface area contributed by atoms with Crippen LogP contribution in [0.5, 0.6) is 0 Å².